The summed E-state index contributed by atoms with van der Waals surface area (Å²) in [6, 6.07) is 15.2. The van der Waals surface area contributed by atoms with Crippen LogP contribution in [0.1, 0.15) is 24.3 Å². The molecule has 0 saturated carbocycles. The Morgan fingerprint density at radius 2 is 1.83 bits per heavy atom. The SMILES string of the molecule is COc1ccc2c(c1)c(OC(C)C)c(C(N)=O)n2-c1ccccc1. The Morgan fingerprint density at radius 3 is 2.42 bits per heavy atom. The molecule has 1 amide bonds. The molecule has 0 aliphatic carbocycles. The molecule has 5 heteroatoms. The number of primary amides is 1. The first-order chi connectivity index (χ1) is 11.5. The first-order valence-corrected chi connectivity index (χ1v) is 7.77. The van der Waals surface area contributed by atoms with Gasteiger partial charge in [-0.3, -0.25) is 4.79 Å². The Morgan fingerprint density at radius 1 is 1.12 bits per heavy atom. The van der Waals surface area contributed by atoms with Crippen LogP contribution in [0, 0.1) is 0 Å². The smallest absolute Gasteiger partial charge is 0.269 e. The molecular formula is C19H20N2O3. The van der Waals surface area contributed by atoms with E-state index in [1.165, 1.54) is 0 Å². The van der Waals surface area contributed by atoms with E-state index >= 15 is 0 Å². The van der Waals surface area contributed by atoms with Crippen LogP contribution in [0.2, 0.25) is 0 Å². The maximum absolute atomic E-state index is 12.2. The predicted octanol–water partition coefficient (Wildman–Crippen LogP) is 3.53. The van der Waals surface area contributed by atoms with Crippen molar-refractivity contribution < 1.29 is 14.3 Å². The van der Waals surface area contributed by atoms with Crippen LogP contribution in [0.3, 0.4) is 0 Å². The fourth-order valence-corrected chi connectivity index (χ4v) is 2.79. The molecular weight excluding hydrogens is 304 g/mol. The van der Waals surface area contributed by atoms with Crippen molar-refractivity contribution in [2.75, 3.05) is 7.11 Å². The molecule has 1 heterocycles. The number of aromatic nitrogens is 1. The van der Waals surface area contributed by atoms with Crippen LogP contribution in [-0.4, -0.2) is 23.7 Å². The summed E-state index contributed by atoms with van der Waals surface area (Å²) >= 11 is 0. The van der Waals surface area contributed by atoms with Crippen molar-refractivity contribution >= 4 is 16.8 Å². The Hall–Kier alpha value is -2.95. The largest absolute Gasteiger partial charge is 0.497 e. The Balaban J connectivity index is 2.41. The van der Waals surface area contributed by atoms with Gasteiger partial charge >= 0.3 is 0 Å². The van der Waals surface area contributed by atoms with E-state index in [4.69, 9.17) is 15.2 Å². The molecule has 0 unspecified atom stereocenters. The summed E-state index contributed by atoms with van der Waals surface area (Å²) in [6.07, 6.45) is -0.0934. The highest BCUT2D eigenvalue weighted by molar-refractivity contribution is 6.05. The fourth-order valence-electron chi connectivity index (χ4n) is 2.79. The molecule has 2 aromatic carbocycles. The number of amides is 1. The maximum Gasteiger partial charge on any atom is 0.269 e. The highest BCUT2D eigenvalue weighted by Gasteiger charge is 2.24. The third-order valence-electron chi connectivity index (χ3n) is 3.73. The first kappa shape index (κ1) is 15.9. The van der Waals surface area contributed by atoms with Crippen LogP contribution in [-0.2, 0) is 0 Å². The number of benzene rings is 2. The Bertz CT molecular complexity index is 883. The van der Waals surface area contributed by atoms with Gasteiger partial charge in [-0.05, 0) is 44.2 Å². The molecule has 0 aliphatic rings. The minimum absolute atomic E-state index is 0.0934. The third kappa shape index (κ3) is 2.69. The lowest BCUT2D eigenvalue weighted by molar-refractivity contribution is 0.0988. The summed E-state index contributed by atoms with van der Waals surface area (Å²) < 4.78 is 13.1. The molecule has 0 aliphatic heterocycles. The van der Waals surface area contributed by atoms with E-state index in [2.05, 4.69) is 0 Å². The monoisotopic (exact) mass is 324 g/mol. The van der Waals surface area contributed by atoms with Gasteiger partial charge in [0.25, 0.3) is 5.91 Å². The lowest BCUT2D eigenvalue weighted by atomic mass is 10.2. The molecule has 5 nitrogen and oxygen atoms in total. The standard InChI is InChI=1S/C19H20N2O3/c1-12(2)24-18-15-11-14(23-3)9-10-16(15)21(17(18)19(20)22)13-7-5-4-6-8-13/h4-12H,1-3H3,(H2,20,22). The van der Waals surface area contributed by atoms with Crippen molar-refractivity contribution in [1.29, 1.82) is 0 Å². The highest BCUT2D eigenvalue weighted by atomic mass is 16.5. The van der Waals surface area contributed by atoms with Gasteiger partial charge in [-0.1, -0.05) is 18.2 Å². The number of hydrogen-bond acceptors (Lipinski definition) is 3. The first-order valence-electron chi connectivity index (χ1n) is 7.77. The zero-order chi connectivity index (χ0) is 17.3. The van der Waals surface area contributed by atoms with Gasteiger partial charge in [-0.15, -0.1) is 0 Å². The normalized spacial score (nSPS) is 11.0. The summed E-state index contributed by atoms with van der Waals surface area (Å²) in [7, 11) is 1.60. The van der Waals surface area contributed by atoms with Crippen LogP contribution in [0.25, 0.3) is 16.6 Å². The maximum atomic E-state index is 12.2. The Labute approximate surface area is 140 Å². The number of nitrogens with two attached hydrogens (primary N) is 1. The average molecular weight is 324 g/mol. The second-order valence-corrected chi connectivity index (χ2v) is 5.76. The number of methoxy groups -OCH3 is 1. The predicted molar refractivity (Wildman–Crippen MR) is 94.1 cm³/mol. The number of rotatable bonds is 5. The lowest BCUT2D eigenvalue weighted by Crippen LogP contribution is -2.18. The topological polar surface area (TPSA) is 66.5 Å². The van der Waals surface area contributed by atoms with E-state index in [0.717, 1.165) is 16.6 Å². The quantitative estimate of drug-likeness (QED) is 0.781. The van der Waals surface area contributed by atoms with Gasteiger partial charge in [-0.2, -0.15) is 0 Å². The molecule has 0 fully saturated rings. The second-order valence-electron chi connectivity index (χ2n) is 5.76. The Kier molecular flexibility index (Phi) is 4.16. The number of carbonyl (C=O) groups is 1. The zero-order valence-corrected chi connectivity index (χ0v) is 13.9. The van der Waals surface area contributed by atoms with Gasteiger partial charge in [0.2, 0.25) is 0 Å². The summed E-state index contributed by atoms with van der Waals surface area (Å²) in [4.78, 5) is 12.2. The molecule has 3 aromatic rings. The third-order valence-corrected chi connectivity index (χ3v) is 3.73. The highest BCUT2D eigenvalue weighted by Crippen LogP contribution is 2.38. The van der Waals surface area contributed by atoms with E-state index in [9.17, 15) is 4.79 Å². The van der Waals surface area contributed by atoms with E-state index in [1.807, 2.05) is 66.9 Å². The van der Waals surface area contributed by atoms with Crippen molar-refractivity contribution in [3.63, 3.8) is 0 Å². The van der Waals surface area contributed by atoms with E-state index < -0.39 is 5.91 Å². The van der Waals surface area contributed by atoms with Gasteiger partial charge < -0.3 is 19.8 Å². The van der Waals surface area contributed by atoms with Crippen molar-refractivity contribution in [1.82, 2.24) is 4.57 Å². The minimum Gasteiger partial charge on any atom is -0.497 e. The molecule has 3 rings (SSSR count). The molecule has 0 saturated heterocycles. The number of nitrogens with zero attached hydrogens (tertiary/aromatic N) is 1. The van der Waals surface area contributed by atoms with Crippen LogP contribution >= 0.6 is 0 Å². The van der Waals surface area contributed by atoms with Crippen LogP contribution in [0.4, 0.5) is 0 Å². The van der Waals surface area contributed by atoms with Crippen LogP contribution < -0.4 is 15.2 Å². The minimum atomic E-state index is -0.537. The summed E-state index contributed by atoms with van der Waals surface area (Å²) in [5.41, 5.74) is 7.71. The summed E-state index contributed by atoms with van der Waals surface area (Å²) in [5, 5.41) is 0.792. The van der Waals surface area contributed by atoms with E-state index in [-0.39, 0.29) is 6.10 Å². The van der Waals surface area contributed by atoms with Gasteiger partial charge in [0, 0.05) is 11.1 Å². The lowest BCUT2D eigenvalue weighted by Gasteiger charge is -2.12. The number of hydrogen-bond donors (Lipinski definition) is 1. The summed E-state index contributed by atoms with van der Waals surface area (Å²) in [5.74, 6) is 0.636. The van der Waals surface area contributed by atoms with E-state index in [0.29, 0.717) is 17.2 Å². The molecule has 0 spiro atoms. The van der Waals surface area contributed by atoms with Crippen molar-refractivity contribution in [3.8, 4) is 17.2 Å². The number of fused-ring (bicyclic) bond motifs is 1. The molecule has 24 heavy (non-hydrogen) atoms. The molecule has 0 radical (unpaired) electrons. The molecule has 0 atom stereocenters. The zero-order valence-electron chi connectivity index (χ0n) is 13.9. The second kappa shape index (κ2) is 6.28. The molecule has 1 aromatic heterocycles. The van der Waals surface area contributed by atoms with Crippen LogP contribution in [0.15, 0.2) is 48.5 Å². The van der Waals surface area contributed by atoms with Crippen molar-refractivity contribution in [2.45, 2.75) is 20.0 Å². The van der Waals surface area contributed by atoms with Crippen molar-refractivity contribution in [2.24, 2.45) is 5.73 Å². The average Bonchev–Trinajstić information content (AvgIpc) is 2.88. The number of ether oxygens (including phenoxy) is 2. The number of carbonyl (C=O) groups excluding carboxylic acids is 1. The van der Waals surface area contributed by atoms with Crippen molar-refractivity contribution in [3.05, 3.63) is 54.2 Å². The van der Waals surface area contributed by atoms with Gasteiger partial charge in [0.05, 0.1) is 18.7 Å². The van der Waals surface area contributed by atoms with Gasteiger partial charge in [0.1, 0.15) is 5.75 Å². The van der Waals surface area contributed by atoms with E-state index in [1.54, 1.807) is 7.11 Å². The van der Waals surface area contributed by atoms with Gasteiger partial charge in [0.15, 0.2) is 11.4 Å². The molecule has 2 N–H and O–H groups in total. The fraction of sp³-hybridized carbons (Fsp3) is 0.211. The van der Waals surface area contributed by atoms with Crippen LogP contribution in [0.5, 0.6) is 11.5 Å². The van der Waals surface area contributed by atoms with Gasteiger partial charge in [-0.25, -0.2) is 0 Å². The number of para-hydroxylation sites is 1. The summed E-state index contributed by atoms with van der Waals surface area (Å²) in [6.45, 7) is 3.83. The molecule has 124 valence electrons. The molecule has 0 bridgehead atoms.